The summed E-state index contributed by atoms with van der Waals surface area (Å²) in [5.74, 6) is 10.1. The smallest absolute Gasteiger partial charge is 0.263 e. The van der Waals surface area contributed by atoms with Gasteiger partial charge in [-0.3, -0.25) is 10.0 Å². The number of hydroxylamine groups is 1. The van der Waals surface area contributed by atoms with Gasteiger partial charge in [0.1, 0.15) is 25.0 Å². The minimum atomic E-state index is -3.97. The van der Waals surface area contributed by atoms with Gasteiger partial charge in [0.05, 0.1) is 4.90 Å². The van der Waals surface area contributed by atoms with Crippen molar-refractivity contribution in [3.8, 4) is 29.4 Å². The summed E-state index contributed by atoms with van der Waals surface area (Å²) in [5, 5.41) is 17.6. The third kappa shape index (κ3) is 5.66. The lowest BCUT2D eigenvalue weighted by Crippen LogP contribution is -2.61. The normalized spacial score (nSPS) is 18.6. The summed E-state index contributed by atoms with van der Waals surface area (Å²) in [6, 6.07) is 4.73. The van der Waals surface area contributed by atoms with E-state index in [0.717, 1.165) is 4.31 Å². The number of benzene rings is 1. The van der Waals surface area contributed by atoms with E-state index in [4.69, 9.17) is 15.1 Å². The zero-order chi connectivity index (χ0) is 21.5. The Hall–Kier alpha value is -2.21. The molecule has 2 rings (SSSR count). The first-order chi connectivity index (χ1) is 13.7. The highest BCUT2D eigenvalue weighted by Gasteiger charge is 2.48. The van der Waals surface area contributed by atoms with E-state index in [9.17, 15) is 13.2 Å². The van der Waals surface area contributed by atoms with Crippen molar-refractivity contribution in [2.24, 2.45) is 0 Å². The molecule has 1 fully saturated rings. The molecule has 0 aromatic heterocycles. The lowest BCUT2D eigenvalue weighted by Gasteiger charge is -2.43. The Balaban J connectivity index is 2.19. The van der Waals surface area contributed by atoms with Crippen LogP contribution in [0.2, 0.25) is 0 Å². The summed E-state index contributed by atoms with van der Waals surface area (Å²) < 4.78 is 32.1. The minimum absolute atomic E-state index is 0.0168. The number of thioether (sulfide) groups is 1. The highest BCUT2D eigenvalue weighted by atomic mass is 32.2. The van der Waals surface area contributed by atoms with E-state index >= 15 is 0 Å². The molecule has 156 valence electrons. The molecule has 1 heterocycles. The number of aliphatic hydroxyl groups excluding tert-OH is 1. The highest BCUT2D eigenvalue weighted by Crippen LogP contribution is 2.38. The van der Waals surface area contributed by atoms with Crippen LogP contribution >= 0.6 is 11.8 Å². The molecule has 0 aliphatic carbocycles. The topological polar surface area (TPSA) is 116 Å². The molecule has 1 saturated heterocycles. The second kappa shape index (κ2) is 10.0. The Kier molecular flexibility index (Phi) is 7.96. The molecule has 1 aromatic carbocycles. The van der Waals surface area contributed by atoms with Crippen LogP contribution in [-0.4, -0.2) is 65.2 Å². The van der Waals surface area contributed by atoms with E-state index in [1.807, 2.05) is 0 Å². The number of carbonyl (C=O) groups is 1. The number of hydrogen-bond donors (Lipinski definition) is 3. The molecule has 1 aliphatic rings. The van der Waals surface area contributed by atoms with Gasteiger partial charge in [-0.15, -0.1) is 0 Å². The SMILES string of the molecule is CC1(C)SCCN(S(=O)(=O)c2ccc(OCC#CC#CCO)cc2)C1C(=O)NO. The predicted octanol–water partition coefficient (Wildman–Crippen LogP) is 0.455. The maximum atomic E-state index is 13.1. The van der Waals surface area contributed by atoms with Crippen molar-refractivity contribution >= 4 is 27.7 Å². The van der Waals surface area contributed by atoms with Crippen molar-refractivity contribution in [2.45, 2.75) is 29.5 Å². The first-order valence-corrected chi connectivity index (χ1v) is 11.1. The lowest BCUT2D eigenvalue weighted by molar-refractivity contribution is -0.134. The molecule has 1 aliphatic heterocycles. The van der Waals surface area contributed by atoms with Crippen molar-refractivity contribution < 1.29 is 28.3 Å². The molecule has 0 bridgehead atoms. The molecule has 0 saturated carbocycles. The number of sulfonamides is 1. The van der Waals surface area contributed by atoms with Crippen molar-refractivity contribution in [3.05, 3.63) is 24.3 Å². The predicted molar refractivity (Wildman–Crippen MR) is 109 cm³/mol. The second-order valence-electron chi connectivity index (χ2n) is 6.47. The van der Waals surface area contributed by atoms with Gasteiger partial charge in [0.25, 0.3) is 5.91 Å². The fraction of sp³-hybridized carbons (Fsp3) is 0.421. The van der Waals surface area contributed by atoms with Gasteiger partial charge in [-0.1, -0.05) is 5.92 Å². The minimum Gasteiger partial charge on any atom is -0.481 e. The fourth-order valence-corrected chi connectivity index (χ4v) is 5.95. The van der Waals surface area contributed by atoms with Gasteiger partial charge in [0.2, 0.25) is 10.0 Å². The van der Waals surface area contributed by atoms with E-state index in [2.05, 4.69) is 23.7 Å². The van der Waals surface area contributed by atoms with Crippen LogP contribution in [0.15, 0.2) is 29.2 Å². The molecular formula is C19H22N2O6S2. The molecule has 1 amide bonds. The van der Waals surface area contributed by atoms with Gasteiger partial charge < -0.3 is 9.84 Å². The largest absolute Gasteiger partial charge is 0.481 e. The standard InChI is InChI=1S/C19H22N2O6S2/c1-19(2)17(18(23)20-24)21(11-14-28-19)29(25,26)16-9-7-15(8-10-16)27-13-6-4-3-5-12-22/h7-10,17,22,24H,11-14H2,1-2H3,(H,20,23). The van der Waals surface area contributed by atoms with Crippen LogP contribution in [0.1, 0.15) is 13.8 Å². The average Bonchev–Trinajstić information content (AvgIpc) is 2.69. The lowest BCUT2D eigenvalue weighted by atomic mass is 10.0. The zero-order valence-electron chi connectivity index (χ0n) is 16.0. The molecule has 3 N–H and O–H groups in total. The maximum Gasteiger partial charge on any atom is 0.263 e. The van der Waals surface area contributed by atoms with Gasteiger partial charge in [-0.05, 0) is 55.9 Å². The molecular weight excluding hydrogens is 416 g/mol. The first kappa shape index (κ1) is 23.1. The molecule has 1 atom stereocenters. The number of aliphatic hydroxyl groups is 1. The Morgan fingerprint density at radius 1 is 1.31 bits per heavy atom. The van der Waals surface area contributed by atoms with Crippen LogP contribution in [0, 0.1) is 23.7 Å². The zero-order valence-corrected chi connectivity index (χ0v) is 17.6. The van der Waals surface area contributed by atoms with Gasteiger partial charge in [0.15, 0.2) is 0 Å². The van der Waals surface area contributed by atoms with Gasteiger partial charge in [-0.25, -0.2) is 13.9 Å². The maximum absolute atomic E-state index is 13.1. The van der Waals surface area contributed by atoms with E-state index in [0.29, 0.717) is 11.5 Å². The number of nitrogens with zero attached hydrogens (tertiary/aromatic N) is 1. The number of rotatable bonds is 5. The van der Waals surface area contributed by atoms with Crippen molar-refractivity contribution in [1.82, 2.24) is 9.79 Å². The van der Waals surface area contributed by atoms with Crippen LogP contribution in [0.25, 0.3) is 0 Å². The van der Waals surface area contributed by atoms with E-state index in [1.165, 1.54) is 36.0 Å². The molecule has 10 heteroatoms. The third-order valence-electron chi connectivity index (χ3n) is 4.15. The fourth-order valence-electron chi connectivity index (χ4n) is 2.85. The quantitative estimate of drug-likeness (QED) is 0.347. The number of nitrogens with one attached hydrogen (secondary N) is 1. The van der Waals surface area contributed by atoms with Gasteiger partial charge in [-0.2, -0.15) is 16.1 Å². The summed E-state index contributed by atoms with van der Waals surface area (Å²) in [4.78, 5) is 12.2. The molecule has 1 unspecified atom stereocenters. The molecule has 29 heavy (non-hydrogen) atoms. The summed E-state index contributed by atoms with van der Waals surface area (Å²) in [7, 11) is -3.97. The number of carbonyl (C=O) groups excluding carboxylic acids is 1. The number of amides is 1. The van der Waals surface area contributed by atoms with Gasteiger partial charge >= 0.3 is 0 Å². The average molecular weight is 439 g/mol. The van der Waals surface area contributed by atoms with Crippen molar-refractivity contribution in [3.63, 3.8) is 0 Å². The van der Waals surface area contributed by atoms with Crippen LogP contribution in [0.4, 0.5) is 0 Å². The Bertz CT molecular complexity index is 952. The number of hydrogen-bond acceptors (Lipinski definition) is 7. The van der Waals surface area contributed by atoms with Crippen LogP contribution in [0.5, 0.6) is 5.75 Å². The molecule has 0 radical (unpaired) electrons. The molecule has 0 spiro atoms. The summed E-state index contributed by atoms with van der Waals surface area (Å²) >= 11 is 1.47. The Morgan fingerprint density at radius 3 is 2.59 bits per heavy atom. The molecule has 1 aromatic rings. The van der Waals surface area contributed by atoms with Crippen LogP contribution in [-0.2, 0) is 14.8 Å². The van der Waals surface area contributed by atoms with Crippen molar-refractivity contribution in [1.29, 1.82) is 0 Å². The van der Waals surface area contributed by atoms with E-state index in [-0.39, 0.29) is 24.7 Å². The Morgan fingerprint density at radius 2 is 1.97 bits per heavy atom. The monoisotopic (exact) mass is 438 g/mol. The second-order valence-corrected chi connectivity index (χ2v) is 10.1. The van der Waals surface area contributed by atoms with Crippen LogP contribution in [0.3, 0.4) is 0 Å². The molecule has 8 nitrogen and oxygen atoms in total. The Labute approximate surface area is 174 Å². The summed E-state index contributed by atoms with van der Waals surface area (Å²) in [6.07, 6.45) is 0. The third-order valence-corrected chi connectivity index (χ3v) is 7.38. The van der Waals surface area contributed by atoms with E-state index < -0.39 is 26.7 Å². The van der Waals surface area contributed by atoms with Gasteiger partial charge in [0, 0.05) is 17.0 Å². The highest BCUT2D eigenvalue weighted by molar-refractivity contribution is 8.00. The summed E-state index contributed by atoms with van der Waals surface area (Å²) in [6.45, 7) is 3.48. The van der Waals surface area contributed by atoms with E-state index in [1.54, 1.807) is 19.3 Å². The first-order valence-electron chi connectivity index (χ1n) is 8.63. The number of ether oxygens (including phenoxy) is 1. The van der Waals surface area contributed by atoms with Crippen LogP contribution < -0.4 is 10.2 Å². The van der Waals surface area contributed by atoms with Crippen molar-refractivity contribution in [2.75, 3.05) is 25.5 Å². The summed E-state index contributed by atoms with van der Waals surface area (Å²) in [5.41, 5.74) is 1.58.